The zero-order valence-electron chi connectivity index (χ0n) is 19.3. The summed E-state index contributed by atoms with van der Waals surface area (Å²) in [7, 11) is 0. The van der Waals surface area contributed by atoms with Crippen LogP contribution in [0.1, 0.15) is 31.2 Å². The molecule has 0 spiro atoms. The van der Waals surface area contributed by atoms with Gasteiger partial charge in [0.25, 0.3) is 0 Å². The number of aromatic nitrogens is 2. The highest BCUT2D eigenvalue weighted by atomic mass is 35.5. The van der Waals surface area contributed by atoms with Crippen LogP contribution in [0.4, 0.5) is 4.39 Å². The van der Waals surface area contributed by atoms with Gasteiger partial charge in [0.05, 0.1) is 6.61 Å². The van der Waals surface area contributed by atoms with Gasteiger partial charge in [-0.1, -0.05) is 18.2 Å². The maximum atomic E-state index is 14.9. The predicted octanol–water partition coefficient (Wildman–Crippen LogP) is 2.17. The molecule has 1 saturated heterocycles. The Bertz CT molecular complexity index is 1090. The molecule has 1 aromatic heterocycles. The lowest BCUT2D eigenvalue weighted by Gasteiger charge is -2.31. The Labute approximate surface area is 212 Å². The molecule has 4 N–H and O–H groups in total. The summed E-state index contributed by atoms with van der Waals surface area (Å²) in [5, 5.41) is 15.8. The minimum atomic E-state index is -1.14. The summed E-state index contributed by atoms with van der Waals surface area (Å²) in [4.78, 5) is 43.9. The summed E-state index contributed by atoms with van der Waals surface area (Å²) in [5.41, 5.74) is 5.96. The molecule has 36 heavy (non-hydrogen) atoms. The van der Waals surface area contributed by atoms with Crippen LogP contribution in [0.5, 0.6) is 6.01 Å². The van der Waals surface area contributed by atoms with E-state index in [1.54, 1.807) is 17.0 Å². The smallest absolute Gasteiger partial charge is 0.316 e. The largest absolute Gasteiger partial charge is 0.481 e. The summed E-state index contributed by atoms with van der Waals surface area (Å²) in [6.07, 6.45) is 3.35. The monoisotopic (exact) mass is 523 g/mol. The average Bonchev–Trinajstić information content (AvgIpc) is 2.82. The van der Waals surface area contributed by atoms with Crippen molar-refractivity contribution < 1.29 is 33.4 Å². The molecule has 11 nitrogen and oxygen atoms in total. The number of amidine groups is 1. The number of likely N-dealkylation sites (tertiary alicyclic amines) is 1. The second kappa shape index (κ2) is 13.3. The Hall–Kier alpha value is -3.80. The first-order valence-electron chi connectivity index (χ1n) is 10.9. The molecule has 0 bridgehead atoms. The third-order valence-corrected chi connectivity index (χ3v) is 5.46. The molecule has 13 heteroatoms. The minimum absolute atomic E-state index is 0. The molecular formula is C23H27ClFN5O6. The number of carbonyl (C=O) groups is 3. The number of carboxylic acid groups (broad SMARTS) is 1. The molecule has 1 aromatic carbocycles. The van der Waals surface area contributed by atoms with E-state index < -0.39 is 24.2 Å². The third-order valence-electron chi connectivity index (χ3n) is 5.46. The number of rotatable bonds is 10. The van der Waals surface area contributed by atoms with Crippen molar-refractivity contribution in [1.82, 2.24) is 14.9 Å². The van der Waals surface area contributed by atoms with E-state index in [4.69, 9.17) is 25.7 Å². The fourth-order valence-corrected chi connectivity index (χ4v) is 3.59. The third kappa shape index (κ3) is 8.15. The van der Waals surface area contributed by atoms with E-state index in [1.807, 2.05) is 0 Å². The van der Waals surface area contributed by atoms with Gasteiger partial charge in [0.1, 0.15) is 31.1 Å². The molecule has 1 amide bonds. The highest BCUT2D eigenvalue weighted by Gasteiger charge is 2.24. The molecule has 194 valence electrons. The van der Waals surface area contributed by atoms with Crippen molar-refractivity contribution >= 4 is 36.1 Å². The molecule has 0 atom stereocenters. The maximum absolute atomic E-state index is 14.9. The van der Waals surface area contributed by atoms with Crippen molar-refractivity contribution in [2.45, 2.75) is 32.3 Å². The van der Waals surface area contributed by atoms with Crippen molar-refractivity contribution in [2.24, 2.45) is 11.7 Å². The lowest BCUT2D eigenvalue weighted by Crippen LogP contribution is -2.40. The number of hydrogen-bond donors (Lipinski definition) is 3. The summed E-state index contributed by atoms with van der Waals surface area (Å²) in [6, 6.07) is 4.78. The Morgan fingerprint density at radius 3 is 2.44 bits per heavy atom. The van der Waals surface area contributed by atoms with Crippen molar-refractivity contribution in [3.05, 3.63) is 42.0 Å². The molecule has 1 fully saturated rings. The number of nitrogens with two attached hydrogens (primary N) is 1. The zero-order valence-corrected chi connectivity index (χ0v) is 20.1. The van der Waals surface area contributed by atoms with Gasteiger partial charge in [-0.15, -0.1) is 12.4 Å². The number of esters is 1. The molecule has 0 unspecified atom stereocenters. The van der Waals surface area contributed by atoms with Crippen LogP contribution in [-0.2, 0) is 25.7 Å². The number of hydrogen-bond acceptors (Lipinski definition) is 8. The van der Waals surface area contributed by atoms with Crippen molar-refractivity contribution in [3.8, 4) is 17.1 Å². The van der Waals surface area contributed by atoms with Gasteiger partial charge < -0.3 is 25.2 Å². The number of ether oxygens (including phenoxy) is 2. The Morgan fingerprint density at radius 2 is 1.83 bits per heavy atom. The molecule has 0 radical (unpaired) electrons. The molecule has 0 saturated carbocycles. The van der Waals surface area contributed by atoms with E-state index in [9.17, 15) is 18.8 Å². The van der Waals surface area contributed by atoms with Gasteiger partial charge in [0, 0.05) is 42.2 Å². The lowest BCUT2D eigenvalue weighted by molar-refractivity contribution is -0.145. The quantitative estimate of drug-likeness (QED) is 0.183. The van der Waals surface area contributed by atoms with Crippen LogP contribution < -0.4 is 10.5 Å². The van der Waals surface area contributed by atoms with Crippen LogP contribution in [0.3, 0.4) is 0 Å². The first kappa shape index (κ1) is 28.4. The van der Waals surface area contributed by atoms with Gasteiger partial charge in [0.15, 0.2) is 0 Å². The molecule has 2 aromatic rings. The molecule has 1 aliphatic rings. The second-order valence-electron chi connectivity index (χ2n) is 8.10. The van der Waals surface area contributed by atoms with Gasteiger partial charge in [0.2, 0.25) is 5.91 Å². The lowest BCUT2D eigenvalue weighted by atomic mass is 9.97. The molecule has 2 heterocycles. The zero-order chi connectivity index (χ0) is 25.4. The Morgan fingerprint density at radius 1 is 1.17 bits per heavy atom. The van der Waals surface area contributed by atoms with E-state index >= 15 is 0 Å². The Balaban J connectivity index is 0.00000456. The Kier molecular flexibility index (Phi) is 10.5. The van der Waals surface area contributed by atoms with Gasteiger partial charge in [-0.05, 0) is 18.8 Å². The highest BCUT2D eigenvalue weighted by Crippen LogP contribution is 2.25. The molecule has 0 aliphatic carbocycles. The maximum Gasteiger partial charge on any atom is 0.316 e. The summed E-state index contributed by atoms with van der Waals surface area (Å²) < 4.78 is 25.5. The first-order valence-corrected chi connectivity index (χ1v) is 10.9. The number of nitrogens with zero attached hydrogens (tertiary/aromatic N) is 3. The number of piperidine rings is 1. The van der Waals surface area contributed by atoms with Crippen LogP contribution in [0.15, 0.2) is 30.6 Å². The summed E-state index contributed by atoms with van der Waals surface area (Å²) >= 11 is 0. The number of nitrogens with one attached hydrogen (secondary N) is 1. The molecular weight excluding hydrogens is 497 g/mol. The summed E-state index contributed by atoms with van der Waals surface area (Å²) in [5.74, 6) is -2.98. The molecule has 1 aliphatic heterocycles. The first-order chi connectivity index (χ1) is 16.7. The topological polar surface area (TPSA) is 169 Å². The average molecular weight is 524 g/mol. The van der Waals surface area contributed by atoms with Gasteiger partial charge in [-0.25, -0.2) is 14.4 Å². The number of halogens is 2. The SMILES string of the molecule is Cl.N=C(N)CC(=O)OCc1cccc(-c2cnc(OCC3CCN(C(=O)CC(=O)O)CC3)nc2)c1F. The normalized spacial score (nSPS) is 13.4. The van der Waals surface area contributed by atoms with Crippen LogP contribution >= 0.6 is 12.4 Å². The van der Waals surface area contributed by atoms with E-state index in [2.05, 4.69) is 9.97 Å². The number of carboxylic acids is 1. The number of benzene rings is 1. The highest BCUT2D eigenvalue weighted by molar-refractivity contribution is 5.95. The van der Waals surface area contributed by atoms with Crippen LogP contribution in [0.25, 0.3) is 11.1 Å². The van der Waals surface area contributed by atoms with Gasteiger partial charge in [-0.2, -0.15) is 0 Å². The van der Waals surface area contributed by atoms with Crippen LogP contribution in [-0.4, -0.2) is 63.4 Å². The number of amides is 1. The van der Waals surface area contributed by atoms with Crippen LogP contribution in [0, 0.1) is 17.1 Å². The van der Waals surface area contributed by atoms with Crippen molar-refractivity contribution in [3.63, 3.8) is 0 Å². The standard InChI is InChI=1S/C23H26FN5O6.ClH/c24-22-15(13-34-21(33)8-18(25)26)2-1-3-17(22)16-10-27-23(28-11-16)35-12-14-4-6-29(7-5-14)19(30)9-20(31)32;/h1-3,10-11,14H,4-9,12-13H2,(H3,25,26)(H,31,32);1H. The molecule has 3 rings (SSSR count). The van der Waals surface area contributed by atoms with E-state index in [-0.39, 0.29) is 60.2 Å². The fraction of sp³-hybridized carbons (Fsp3) is 0.391. The fourth-order valence-electron chi connectivity index (χ4n) is 3.59. The summed E-state index contributed by atoms with van der Waals surface area (Å²) in [6.45, 7) is 0.990. The van der Waals surface area contributed by atoms with E-state index in [1.165, 1.54) is 18.5 Å². The van der Waals surface area contributed by atoms with E-state index in [0.717, 1.165) is 0 Å². The van der Waals surface area contributed by atoms with Crippen molar-refractivity contribution in [2.75, 3.05) is 19.7 Å². The second-order valence-corrected chi connectivity index (χ2v) is 8.10. The van der Waals surface area contributed by atoms with Crippen LogP contribution in [0.2, 0.25) is 0 Å². The van der Waals surface area contributed by atoms with Crippen molar-refractivity contribution in [1.29, 1.82) is 5.41 Å². The number of aliphatic carboxylic acids is 1. The number of carbonyl (C=O) groups excluding carboxylic acids is 2. The predicted molar refractivity (Wildman–Crippen MR) is 128 cm³/mol. The van der Waals surface area contributed by atoms with E-state index in [0.29, 0.717) is 38.1 Å². The van der Waals surface area contributed by atoms with Gasteiger partial charge in [-0.3, -0.25) is 19.8 Å². The van der Waals surface area contributed by atoms with Gasteiger partial charge >= 0.3 is 17.9 Å². The minimum Gasteiger partial charge on any atom is -0.481 e.